The summed E-state index contributed by atoms with van der Waals surface area (Å²) in [6, 6.07) is 1.14. The monoisotopic (exact) mass is 249 g/mol. The van der Waals surface area contributed by atoms with E-state index < -0.39 is 0 Å². The zero-order valence-corrected chi connectivity index (χ0v) is 10.9. The molecule has 0 aromatic carbocycles. The lowest BCUT2D eigenvalue weighted by atomic mass is 10.1. The Balaban J connectivity index is 1.75. The number of hydrogen-bond acceptors (Lipinski definition) is 4. The summed E-state index contributed by atoms with van der Waals surface area (Å²) in [4.78, 5) is 20.8. The molecule has 2 bridgehead atoms. The average molecular weight is 249 g/mol. The maximum Gasteiger partial charge on any atom is 0.293 e. The van der Waals surface area contributed by atoms with E-state index >= 15 is 0 Å². The molecule has 0 radical (unpaired) electrons. The van der Waals surface area contributed by atoms with Crippen molar-refractivity contribution in [2.24, 2.45) is 0 Å². The number of amides is 1. The Hall–Kier alpha value is -1.43. The van der Waals surface area contributed by atoms with Crippen LogP contribution in [-0.4, -0.2) is 63.1 Å². The van der Waals surface area contributed by atoms with Gasteiger partial charge in [-0.3, -0.25) is 14.8 Å². The van der Waals surface area contributed by atoms with E-state index in [2.05, 4.69) is 27.1 Å². The van der Waals surface area contributed by atoms with Gasteiger partial charge in [0.25, 0.3) is 5.91 Å². The van der Waals surface area contributed by atoms with Gasteiger partial charge in [0.2, 0.25) is 5.82 Å². The van der Waals surface area contributed by atoms with E-state index in [0.29, 0.717) is 23.7 Å². The van der Waals surface area contributed by atoms with Crippen LogP contribution in [0.5, 0.6) is 0 Å². The Morgan fingerprint density at radius 3 is 2.83 bits per heavy atom. The van der Waals surface area contributed by atoms with Gasteiger partial charge in [-0.25, -0.2) is 4.98 Å². The fourth-order valence-electron chi connectivity index (χ4n) is 3.07. The molecule has 6 nitrogen and oxygen atoms in total. The first-order chi connectivity index (χ1) is 8.65. The number of nitrogens with zero attached hydrogens (tertiary/aromatic N) is 4. The van der Waals surface area contributed by atoms with Crippen LogP contribution < -0.4 is 0 Å². The molecule has 98 valence electrons. The number of carbonyl (C=O) groups is 1. The molecule has 3 heterocycles. The standard InChI is InChI=1S/C12H19N5O/c1-8-13-11(15-14-8)12(18)17-6-5-9-3-4-10(7-17)16(9)2/h9-10H,3-7H2,1-2H3,(H,13,14,15). The van der Waals surface area contributed by atoms with Gasteiger partial charge in [0.15, 0.2) is 0 Å². The van der Waals surface area contributed by atoms with E-state index in [1.165, 1.54) is 12.8 Å². The van der Waals surface area contributed by atoms with Crippen molar-refractivity contribution in [1.82, 2.24) is 25.0 Å². The van der Waals surface area contributed by atoms with Crippen LogP contribution in [0.1, 0.15) is 35.7 Å². The summed E-state index contributed by atoms with van der Waals surface area (Å²) in [6.07, 6.45) is 3.52. The van der Waals surface area contributed by atoms with Crippen molar-refractivity contribution in [3.63, 3.8) is 0 Å². The predicted octanol–water partition coefficient (Wildman–Crippen LogP) is 0.422. The van der Waals surface area contributed by atoms with Gasteiger partial charge in [-0.1, -0.05) is 0 Å². The zero-order chi connectivity index (χ0) is 12.7. The number of carbonyl (C=O) groups excluding carboxylic acids is 1. The van der Waals surface area contributed by atoms with Crippen LogP contribution >= 0.6 is 0 Å². The van der Waals surface area contributed by atoms with Gasteiger partial charge in [-0.05, 0) is 33.2 Å². The highest BCUT2D eigenvalue weighted by molar-refractivity contribution is 5.90. The van der Waals surface area contributed by atoms with Gasteiger partial charge < -0.3 is 4.90 Å². The zero-order valence-electron chi connectivity index (χ0n) is 10.9. The van der Waals surface area contributed by atoms with Crippen molar-refractivity contribution in [2.45, 2.75) is 38.3 Å². The second-order valence-electron chi connectivity index (χ2n) is 5.33. The van der Waals surface area contributed by atoms with Gasteiger partial charge >= 0.3 is 0 Å². The summed E-state index contributed by atoms with van der Waals surface area (Å²) in [7, 11) is 2.17. The molecule has 1 N–H and O–H groups in total. The summed E-state index contributed by atoms with van der Waals surface area (Å²) in [5.74, 6) is 0.944. The number of likely N-dealkylation sites (tertiary alicyclic amines) is 1. The molecule has 2 fully saturated rings. The van der Waals surface area contributed by atoms with E-state index in [-0.39, 0.29) is 5.91 Å². The number of nitrogens with one attached hydrogen (secondary N) is 1. The predicted molar refractivity (Wildman–Crippen MR) is 66.2 cm³/mol. The largest absolute Gasteiger partial charge is 0.334 e. The normalized spacial score (nSPS) is 28.4. The maximum absolute atomic E-state index is 12.3. The molecule has 1 aromatic rings. The van der Waals surface area contributed by atoms with E-state index in [9.17, 15) is 4.79 Å². The van der Waals surface area contributed by atoms with Crippen molar-refractivity contribution >= 4 is 5.91 Å². The first-order valence-electron chi connectivity index (χ1n) is 6.55. The fourth-order valence-corrected chi connectivity index (χ4v) is 3.07. The molecule has 2 aliphatic heterocycles. The molecule has 0 aliphatic carbocycles. The van der Waals surface area contributed by atoms with Crippen LogP contribution in [0, 0.1) is 6.92 Å². The van der Waals surface area contributed by atoms with Gasteiger partial charge in [0.05, 0.1) is 0 Å². The van der Waals surface area contributed by atoms with Crippen molar-refractivity contribution in [1.29, 1.82) is 0 Å². The lowest BCUT2D eigenvalue weighted by molar-refractivity contribution is 0.0728. The van der Waals surface area contributed by atoms with E-state index in [0.717, 1.165) is 19.5 Å². The number of H-pyrrole nitrogens is 1. The van der Waals surface area contributed by atoms with E-state index in [1.807, 2.05) is 11.8 Å². The van der Waals surface area contributed by atoms with Crippen LogP contribution in [0.25, 0.3) is 0 Å². The number of hydrogen-bond donors (Lipinski definition) is 1. The number of likely N-dealkylation sites (N-methyl/N-ethyl adjacent to an activating group) is 1. The number of fused-ring (bicyclic) bond motifs is 2. The Morgan fingerprint density at radius 1 is 1.33 bits per heavy atom. The first kappa shape index (κ1) is 11.6. The highest BCUT2D eigenvalue weighted by Crippen LogP contribution is 2.28. The third-order valence-corrected chi connectivity index (χ3v) is 4.22. The Labute approximate surface area is 106 Å². The van der Waals surface area contributed by atoms with Gasteiger partial charge in [-0.15, -0.1) is 5.10 Å². The highest BCUT2D eigenvalue weighted by atomic mass is 16.2. The lowest BCUT2D eigenvalue weighted by Gasteiger charge is -2.24. The Bertz CT molecular complexity index is 457. The minimum Gasteiger partial charge on any atom is -0.334 e. The van der Waals surface area contributed by atoms with Crippen molar-refractivity contribution in [3.05, 3.63) is 11.6 Å². The molecule has 1 amide bonds. The number of aromatic amines is 1. The smallest absolute Gasteiger partial charge is 0.293 e. The minimum absolute atomic E-state index is 0.0414. The van der Waals surface area contributed by atoms with Crippen LogP contribution in [0.2, 0.25) is 0 Å². The number of aryl methyl sites for hydroxylation is 1. The molecule has 18 heavy (non-hydrogen) atoms. The summed E-state index contributed by atoms with van der Waals surface area (Å²) >= 11 is 0. The van der Waals surface area contributed by atoms with Crippen molar-refractivity contribution in [2.75, 3.05) is 20.1 Å². The third kappa shape index (κ3) is 1.90. The summed E-state index contributed by atoms with van der Waals surface area (Å²) < 4.78 is 0. The van der Waals surface area contributed by atoms with E-state index in [4.69, 9.17) is 0 Å². The molecule has 0 saturated carbocycles. The molecule has 3 rings (SSSR count). The first-order valence-corrected chi connectivity index (χ1v) is 6.55. The summed E-state index contributed by atoms with van der Waals surface area (Å²) in [5, 5.41) is 6.69. The quantitative estimate of drug-likeness (QED) is 0.783. The second kappa shape index (κ2) is 4.35. The molecule has 6 heteroatoms. The van der Waals surface area contributed by atoms with Gasteiger partial charge in [0.1, 0.15) is 5.82 Å². The minimum atomic E-state index is -0.0414. The number of aromatic nitrogens is 3. The molecule has 2 unspecified atom stereocenters. The lowest BCUT2D eigenvalue weighted by Crippen LogP contribution is -2.40. The molecule has 1 aromatic heterocycles. The SMILES string of the molecule is Cc1nc(C(=O)N2CCC3CCC(C2)N3C)n[nH]1. The van der Waals surface area contributed by atoms with Gasteiger partial charge in [-0.2, -0.15) is 0 Å². The van der Waals surface area contributed by atoms with Crippen LogP contribution in [0.15, 0.2) is 0 Å². The Morgan fingerprint density at radius 2 is 2.11 bits per heavy atom. The molecule has 2 saturated heterocycles. The Kier molecular flexibility index (Phi) is 2.81. The van der Waals surface area contributed by atoms with Gasteiger partial charge in [0, 0.05) is 25.2 Å². The average Bonchev–Trinajstić information content (AvgIpc) is 2.84. The molecular formula is C12H19N5O. The number of rotatable bonds is 1. The topological polar surface area (TPSA) is 65.1 Å². The van der Waals surface area contributed by atoms with Crippen LogP contribution in [0.3, 0.4) is 0 Å². The van der Waals surface area contributed by atoms with Crippen LogP contribution in [0.4, 0.5) is 0 Å². The second-order valence-corrected chi connectivity index (χ2v) is 5.33. The van der Waals surface area contributed by atoms with Crippen molar-refractivity contribution < 1.29 is 4.79 Å². The summed E-state index contributed by atoms with van der Waals surface area (Å²) in [5.41, 5.74) is 0. The van der Waals surface area contributed by atoms with Crippen LogP contribution in [-0.2, 0) is 0 Å². The highest BCUT2D eigenvalue weighted by Gasteiger charge is 2.36. The molecule has 2 aliphatic rings. The van der Waals surface area contributed by atoms with E-state index in [1.54, 1.807) is 0 Å². The van der Waals surface area contributed by atoms with Crippen molar-refractivity contribution in [3.8, 4) is 0 Å². The molecular weight excluding hydrogens is 230 g/mol. The fraction of sp³-hybridized carbons (Fsp3) is 0.750. The molecule has 2 atom stereocenters. The third-order valence-electron chi connectivity index (χ3n) is 4.22. The summed E-state index contributed by atoms with van der Waals surface area (Å²) in [6.45, 7) is 3.43. The maximum atomic E-state index is 12.3. The molecule has 0 spiro atoms.